The number of rotatable bonds is 6. The standard InChI is InChI=1S/C18H28N2O2/c1-5-14(6-2)19-18(21)17-12-20(11-13(3)4)15-9-7-8-10-16(15)22-17/h7-10,13-14,17H,5-6,11-12H2,1-4H3,(H,19,21). The molecule has 2 rings (SSSR count). The molecular weight excluding hydrogens is 276 g/mol. The van der Waals surface area contributed by atoms with Gasteiger partial charge in [-0.25, -0.2) is 0 Å². The predicted molar refractivity (Wildman–Crippen MR) is 90.4 cm³/mol. The lowest BCUT2D eigenvalue weighted by Gasteiger charge is -2.37. The molecule has 1 aliphatic rings. The number of amides is 1. The van der Waals surface area contributed by atoms with E-state index in [1.165, 1.54) is 0 Å². The highest BCUT2D eigenvalue weighted by molar-refractivity contribution is 5.83. The summed E-state index contributed by atoms with van der Waals surface area (Å²) in [6, 6.07) is 8.20. The average molecular weight is 304 g/mol. The van der Waals surface area contributed by atoms with Gasteiger partial charge < -0.3 is 15.0 Å². The van der Waals surface area contributed by atoms with Crippen LogP contribution in [0.15, 0.2) is 24.3 Å². The fourth-order valence-corrected chi connectivity index (χ4v) is 2.84. The van der Waals surface area contributed by atoms with Crippen molar-refractivity contribution in [2.75, 3.05) is 18.0 Å². The Kier molecular flexibility index (Phi) is 5.69. The number of hydrogen-bond donors (Lipinski definition) is 1. The quantitative estimate of drug-likeness (QED) is 0.877. The molecule has 1 aromatic rings. The smallest absolute Gasteiger partial charge is 0.263 e. The number of ether oxygens (including phenoxy) is 1. The first kappa shape index (κ1) is 16.7. The van der Waals surface area contributed by atoms with Gasteiger partial charge in [0, 0.05) is 12.6 Å². The van der Waals surface area contributed by atoms with Gasteiger partial charge in [-0.1, -0.05) is 39.8 Å². The van der Waals surface area contributed by atoms with Gasteiger partial charge >= 0.3 is 0 Å². The van der Waals surface area contributed by atoms with Crippen LogP contribution in [0.3, 0.4) is 0 Å². The summed E-state index contributed by atoms with van der Waals surface area (Å²) in [4.78, 5) is 14.8. The minimum atomic E-state index is -0.436. The minimum absolute atomic E-state index is 0.00282. The largest absolute Gasteiger partial charge is 0.477 e. The molecule has 1 unspecified atom stereocenters. The van der Waals surface area contributed by atoms with Crippen LogP contribution in [0.4, 0.5) is 5.69 Å². The molecule has 0 aliphatic carbocycles. The number of carbonyl (C=O) groups is 1. The molecule has 1 atom stereocenters. The number of fused-ring (bicyclic) bond motifs is 1. The Labute approximate surface area is 133 Å². The number of nitrogens with one attached hydrogen (secondary N) is 1. The van der Waals surface area contributed by atoms with Gasteiger partial charge in [-0.15, -0.1) is 0 Å². The van der Waals surface area contributed by atoms with Crippen molar-refractivity contribution < 1.29 is 9.53 Å². The van der Waals surface area contributed by atoms with Crippen LogP contribution in [0.1, 0.15) is 40.5 Å². The fourth-order valence-electron chi connectivity index (χ4n) is 2.84. The predicted octanol–water partition coefficient (Wildman–Crippen LogP) is 3.21. The average Bonchev–Trinajstić information content (AvgIpc) is 2.51. The zero-order valence-electron chi connectivity index (χ0n) is 14.1. The second-order valence-electron chi connectivity index (χ2n) is 6.40. The third kappa shape index (κ3) is 3.93. The molecule has 122 valence electrons. The van der Waals surface area contributed by atoms with E-state index < -0.39 is 6.10 Å². The van der Waals surface area contributed by atoms with E-state index in [-0.39, 0.29) is 11.9 Å². The number of anilines is 1. The zero-order chi connectivity index (χ0) is 16.1. The second kappa shape index (κ2) is 7.52. The van der Waals surface area contributed by atoms with Crippen LogP contribution in [0.2, 0.25) is 0 Å². The molecule has 0 spiro atoms. The fraction of sp³-hybridized carbons (Fsp3) is 0.611. The lowest BCUT2D eigenvalue weighted by atomic mass is 10.1. The van der Waals surface area contributed by atoms with Crippen molar-refractivity contribution in [3.05, 3.63) is 24.3 Å². The SMILES string of the molecule is CCC(CC)NC(=O)C1CN(CC(C)C)c2ccccc2O1. The molecule has 4 heteroatoms. The Bertz CT molecular complexity index is 498. The summed E-state index contributed by atoms with van der Waals surface area (Å²) in [5.41, 5.74) is 1.09. The third-order valence-corrected chi connectivity index (χ3v) is 4.07. The lowest BCUT2D eigenvalue weighted by molar-refractivity contribution is -0.128. The summed E-state index contributed by atoms with van der Waals surface area (Å²) in [5, 5.41) is 3.10. The number of carbonyl (C=O) groups excluding carboxylic acids is 1. The van der Waals surface area contributed by atoms with Crippen LogP contribution in [-0.2, 0) is 4.79 Å². The van der Waals surface area contributed by atoms with Gasteiger partial charge in [0.05, 0.1) is 12.2 Å². The van der Waals surface area contributed by atoms with Crippen molar-refractivity contribution in [2.45, 2.75) is 52.7 Å². The van der Waals surface area contributed by atoms with Gasteiger partial charge in [-0.05, 0) is 30.9 Å². The molecule has 0 saturated heterocycles. The molecule has 22 heavy (non-hydrogen) atoms. The molecule has 0 aromatic heterocycles. The summed E-state index contributed by atoms with van der Waals surface area (Å²) in [6.45, 7) is 10.1. The molecule has 4 nitrogen and oxygen atoms in total. The molecule has 1 aliphatic heterocycles. The molecular formula is C18H28N2O2. The van der Waals surface area contributed by atoms with Crippen LogP contribution >= 0.6 is 0 Å². The van der Waals surface area contributed by atoms with E-state index >= 15 is 0 Å². The van der Waals surface area contributed by atoms with Crippen molar-refractivity contribution in [2.24, 2.45) is 5.92 Å². The number of hydrogen-bond acceptors (Lipinski definition) is 3. The maximum atomic E-state index is 12.5. The van der Waals surface area contributed by atoms with E-state index in [0.717, 1.165) is 30.8 Å². The summed E-state index contributed by atoms with van der Waals surface area (Å²) in [5.74, 6) is 1.34. The normalized spacial score (nSPS) is 17.4. The Balaban J connectivity index is 2.14. The summed E-state index contributed by atoms with van der Waals surface area (Å²) < 4.78 is 5.94. The molecule has 0 fully saturated rings. The Hall–Kier alpha value is -1.71. The Morgan fingerprint density at radius 3 is 2.64 bits per heavy atom. The highest BCUT2D eigenvalue weighted by atomic mass is 16.5. The van der Waals surface area contributed by atoms with Crippen molar-refractivity contribution in [3.8, 4) is 5.75 Å². The van der Waals surface area contributed by atoms with Crippen molar-refractivity contribution >= 4 is 11.6 Å². The topological polar surface area (TPSA) is 41.6 Å². The maximum Gasteiger partial charge on any atom is 0.263 e. The second-order valence-corrected chi connectivity index (χ2v) is 6.40. The number of nitrogens with zero attached hydrogens (tertiary/aromatic N) is 1. The van der Waals surface area contributed by atoms with E-state index in [0.29, 0.717) is 12.5 Å². The molecule has 1 amide bonds. The lowest BCUT2D eigenvalue weighted by Crippen LogP contribution is -2.51. The summed E-state index contributed by atoms with van der Waals surface area (Å²) in [6.07, 6.45) is 1.46. The van der Waals surface area contributed by atoms with Crippen LogP contribution < -0.4 is 15.0 Å². The first-order valence-electron chi connectivity index (χ1n) is 8.36. The van der Waals surface area contributed by atoms with Crippen molar-refractivity contribution in [1.82, 2.24) is 5.32 Å². The highest BCUT2D eigenvalue weighted by Crippen LogP contribution is 2.33. The van der Waals surface area contributed by atoms with Gasteiger partial charge in [0.15, 0.2) is 6.10 Å². The zero-order valence-corrected chi connectivity index (χ0v) is 14.1. The van der Waals surface area contributed by atoms with E-state index in [4.69, 9.17) is 4.74 Å². The molecule has 1 heterocycles. The molecule has 0 bridgehead atoms. The van der Waals surface area contributed by atoms with Crippen LogP contribution in [0, 0.1) is 5.92 Å². The van der Waals surface area contributed by atoms with Gasteiger partial charge in [0.1, 0.15) is 5.75 Å². The minimum Gasteiger partial charge on any atom is -0.477 e. The van der Waals surface area contributed by atoms with Crippen LogP contribution in [0.25, 0.3) is 0 Å². The summed E-state index contributed by atoms with van der Waals surface area (Å²) >= 11 is 0. The molecule has 1 aromatic carbocycles. The summed E-state index contributed by atoms with van der Waals surface area (Å²) in [7, 11) is 0. The third-order valence-electron chi connectivity index (χ3n) is 4.07. The first-order valence-corrected chi connectivity index (χ1v) is 8.36. The monoisotopic (exact) mass is 304 g/mol. The van der Waals surface area contributed by atoms with Crippen molar-refractivity contribution in [1.29, 1.82) is 0 Å². The van der Waals surface area contributed by atoms with Gasteiger partial charge in [-0.2, -0.15) is 0 Å². The molecule has 1 N–H and O–H groups in total. The van der Waals surface area contributed by atoms with Gasteiger partial charge in [0.25, 0.3) is 5.91 Å². The number of para-hydroxylation sites is 2. The van der Waals surface area contributed by atoms with Crippen LogP contribution in [0.5, 0.6) is 5.75 Å². The van der Waals surface area contributed by atoms with E-state index in [9.17, 15) is 4.79 Å². The molecule has 0 radical (unpaired) electrons. The van der Waals surface area contributed by atoms with E-state index in [1.807, 2.05) is 18.2 Å². The number of benzene rings is 1. The maximum absolute atomic E-state index is 12.5. The van der Waals surface area contributed by atoms with E-state index in [1.54, 1.807) is 0 Å². The van der Waals surface area contributed by atoms with Gasteiger partial charge in [-0.3, -0.25) is 4.79 Å². The first-order chi connectivity index (χ1) is 10.5. The van der Waals surface area contributed by atoms with Crippen molar-refractivity contribution in [3.63, 3.8) is 0 Å². The highest BCUT2D eigenvalue weighted by Gasteiger charge is 2.31. The van der Waals surface area contributed by atoms with Crippen LogP contribution in [-0.4, -0.2) is 31.1 Å². The Morgan fingerprint density at radius 2 is 2.00 bits per heavy atom. The Morgan fingerprint density at radius 1 is 1.32 bits per heavy atom. The molecule has 0 saturated carbocycles. The van der Waals surface area contributed by atoms with E-state index in [2.05, 4.69) is 44.0 Å². The van der Waals surface area contributed by atoms with Gasteiger partial charge in [0.2, 0.25) is 0 Å².